The molecule has 0 aliphatic carbocycles. The van der Waals surface area contributed by atoms with Crippen molar-refractivity contribution in [3.8, 4) is 0 Å². The van der Waals surface area contributed by atoms with Gasteiger partial charge in [-0.15, -0.1) is 0 Å². The lowest BCUT2D eigenvalue weighted by atomic mass is 9.91. The van der Waals surface area contributed by atoms with E-state index in [9.17, 15) is 4.79 Å². The van der Waals surface area contributed by atoms with Crippen LogP contribution < -0.4 is 0 Å². The number of piperidine rings is 1. The molecule has 0 radical (unpaired) electrons. The Morgan fingerprint density at radius 2 is 2.00 bits per heavy atom. The van der Waals surface area contributed by atoms with Gasteiger partial charge in [-0.25, -0.2) is 0 Å². The molecule has 2 atom stereocenters. The fraction of sp³-hybridized carbons (Fsp3) is 0.562. The summed E-state index contributed by atoms with van der Waals surface area (Å²) < 4.78 is 5.10. The van der Waals surface area contributed by atoms with Crippen LogP contribution in [0.15, 0.2) is 24.3 Å². The van der Waals surface area contributed by atoms with Crippen molar-refractivity contribution in [1.29, 1.82) is 0 Å². The average molecular weight is 277 g/mol. The SMILES string of the molecule is COCc1ccc(CN2CCC(C(=O)O)CC2C)cc1. The van der Waals surface area contributed by atoms with Crippen molar-refractivity contribution in [2.75, 3.05) is 13.7 Å². The predicted molar refractivity (Wildman–Crippen MR) is 77.4 cm³/mol. The smallest absolute Gasteiger partial charge is 0.306 e. The normalized spacial score (nSPS) is 23.7. The zero-order valence-corrected chi connectivity index (χ0v) is 12.2. The minimum Gasteiger partial charge on any atom is -0.481 e. The van der Waals surface area contributed by atoms with Crippen molar-refractivity contribution in [2.45, 2.75) is 39.0 Å². The highest BCUT2D eigenvalue weighted by atomic mass is 16.5. The molecule has 20 heavy (non-hydrogen) atoms. The monoisotopic (exact) mass is 277 g/mol. The maximum absolute atomic E-state index is 11.0. The number of rotatable bonds is 5. The summed E-state index contributed by atoms with van der Waals surface area (Å²) in [4.78, 5) is 13.4. The van der Waals surface area contributed by atoms with E-state index in [1.54, 1.807) is 7.11 Å². The van der Waals surface area contributed by atoms with Gasteiger partial charge in [0, 0.05) is 19.7 Å². The number of nitrogens with zero attached hydrogens (tertiary/aromatic N) is 1. The largest absolute Gasteiger partial charge is 0.481 e. The third-order valence-electron chi connectivity index (χ3n) is 4.08. The average Bonchev–Trinajstić information content (AvgIpc) is 2.43. The van der Waals surface area contributed by atoms with Crippen molar-refractivity contribution in [3.63, 3.8) is 0 Å². The number of carbonyl (C=O) groups is 1. The highest BCUT2D eigenvalue weighted by Crippen LogP contribution is 2.24. The van der Waals surface area contributed by atoms with Gasteiger partial charge in [0.2, 0.25) is 0 Å². The molecule has 0 amide bonds. The Morgan fingerprint density at radius 1 is 1.35 bits per heavy atom. The van der Waals surface area contributed by atoms with Gasteiger partial charge in [-0.05, 0) is 37.4 Å². The third-order valence-corrected chi connectivity index (χ3v) is 4.08. The van der Waals surface area contributed by atoms with E-state index in [1.807, 2.05) is 0 Å². The molecule has 1 aromatic carbocycles. The molecule has 1 aliphatic rings. The number of carboxylic acids is 1. The number of ether oxygens (including phenoxy) is 1. The quantitative estimate of drug-likeness (QED) is 0.898. The van der Waals surface area contributed by atoms with Crippen LogP contribution in [0, 0.1) is 5.92 Å². The van der Waals surface area contributed by atoms with Gasteiger partial charge in [0.15, 0.2) is 0 Å². The van der Waals surface area contributed by atoms with Crippen LogP contribution in [0.5, 0.6) is 0 Å². The molecule has 0 spiro atoms. The zero-order chi connectivity index (χ0) is 14.5. The van der Waals surface area contributed by atoms with Gasteiger partial charge < -0.3 is 9.84 Å². The molecule has 1 fully saturated rings. The van der Waals surface area contributed by atoms with Gasteiger partial charge in [-0.3, -0.25) is 9.69 Å². The van der Waals surface area contributed by atoms with E-state index < -0.39 is 5.97 Å². The third kappa shape index (κ3) is 3.81. The highest BCUT2D eigenvalue weighted by molar-refractivity contribution is 5.70. The number of likely N-dealkylation sites (tertiary alicyclic amines) is 1. The van der Waals surface area contributed by atoms with Crippen LogP contribution in [0.25, 0.3) is 0 Å². The number of methoxy groups -OCH3 is 1. The first-order valence-electron chi connectivity index (χ1n) is 7.13. The summed E-state index contributed by atoms with van der Waals surface area (Å²) in [5.74, 6) is -0.828. The molecule has 4 nitrogen and oxygen atoms in total. The first kappa shape index (κ1) is 15.0. The first-order valence-corrected chi connectivity index (χ1v) is 7.13. The highest BCUT2D eigenvalue weighted by Gasteiger charge is 2.29. The molecule has 110 valence electrons. The molecule has 4 heteroatoms. The van der Waals surface area contributed by atoms with E-state index in [0.29, 0.717) is 12.6 Å². The van der Waals surface area contributed by atoms with E-state index in [1.165, 1.54) is 11.1 Å². The summed E-state index contributed by atoms with van der Waals surface area (Å²) in [6.45, 7) is 4.51. The molecule has 0 aromatic heterocycles. The Bertz CT molecular complexity index is 444. The van der Waals surface area contributed by atoms with Gasteiger partial charge >= 0.3 is 5.97 Å². The Hall–Kier alpha value is -1.39. The number of hydrogen-bond donors (Lipinski definition) is 1. The molecule has 1 aromatic rings. The molecule has 0 bridgehead atoms. The van der Waals surface area contributed by atoms with Crippen LogP contribution in [0.2, 0.25) is 0 Å². The minimum atomic E-state index is -0.652. The Balaban J connectivity index is 1.91. The van der Waals surface area contributed by atoms with Crippen molar-refractivity contribution >= 4 is 5.97 Å². The van der Waals surface area contributed by atoms with E-state index in [0.717, 1.165) is 25.9 Å². The van der Waals surface area contributed by atoms with E-state index in [-0.39, 0.29) is 5.92 Å². The van der Waals surface area contributed by atoms with Crippen LogP contribution in [0.3, 0.4) is 0 Å². The fourth-order valence-corrected chi connectivity index (χ4v) is 2.82. The Kier molecular flexibility index (Phi) is 5.15. The topological polar surface area (TPSA) is 49.8 Å². The van der Waals surface area contributed by atoms with Crippen molar-refractivity contribution in [2.24, 2.45) is 5.92 Å². The van der Waals surface area contributed by atoms with Gasteiger partial charge in [0.1, 0.15) is 0 Å². The summed E-state index contributed by atoms with van der Waals surface area (Å²) in [5.41, 5.74) is 2.44. The van der Waals surface area contributed by atoms with E-state index in [4.69, 9.17) is 9.84 Å². The zero-order valence-electron chi connectivity index (χ0n) is 12.2. The molecular weight excluding hydrogens is 254 g/mol. The second-order valence-electron chi connectivity index (χ2n) is 5.63. The lowest BCUT2D eigenvalue weighted by Gasteiger charge is -2.36. The Morgan fingerprint density at radius 3 is 2.55 bits per heavy atom. The number of carboxylic acid groups (broad SMARTS) is 1. The number of aliphatic carboxylic acids is 1. The van der Waals surface area contributed by atoms with E-state index >= 15 is 0 Å². The van der Waals surface area contributed by atoms with E-state index in [2.05, 4.69) is 36.1 Å². The maximum Gasteiger partial charge on any atom is 0.306 e. The van der Waals surface area contributed by atoms with Gasteiger partial charge in [-0.1, -0.05) is 24.3 Å². The summed E-state index contributed by atoms with van der Waals surface area (Å²) >= 11 is 0. The predicted octanol–water partition coefficient (Wildman–Crippen LogP) is 2.52. The van der Waals surface area contributed by atoms with Gasteiger partial charge in [-0.2, -0.15) is 0 Å². The molecular formula is C16H23NO3. The molecule has 0 saturated carbocycles. The fourth-order valence-electron chi connectivity index (χ4n) is 2.82. The summed E-state index contributed by atoms with van der Waals surface area (Å²) in [6.07, 6.45) is 1.50. The molecule has 1 N–H and O–H groups in total. The van der Waals surface area contributed by atoms with Crippen LogP contribution in [-0.4, -0.2) is 35.7 Å². The van der Waals surface area contributed by atoms with Crippen molar-refractivity contribution < 1.29 is 14.6 Å². The molecule has 2 rings (SSSR count). The molecule has 1 heterocycles. The summed E-state index contributed by atoms with van der Waals surface area (Å²) in [7, 11) is 1.70. The first-order chi connectivity index (χ1) is 9.60. The summed E-state index contributed by atoms with van der Waals surface area (Å²) in [6, 6.07) is 8.76. The minimum absolute atomic E-state index is 0.176. The van der Waals surface area contributed by atoms with Crippen molar-refractivity contribution in [1.82, 2.24) is 4.90 Å². The van der Waals surface area contributed by atoms with Crippen LogP contribution in [0.4, 0.5) is 0 Å². The molecule has 2 unspecified atom stereocenters. The Labute approximate surface area is 120 Å². The van der Waals surface area contributed by atoms with Crippen molar-refractivity contribution in [3.05, 3.63) is 35.4 Å². The van der Waals surface area contributed by atoms with Crippen LogP contribution >= 0.6 is 0 Å². The lowest BCUT2D eigenvalue weighted by Crippen LogP contribution is -2.42. The maximum atomic E-state index is 11.0. The van der Waals surface area contributed by atoms with Crippen LogP contribution in [-0.2, 0) is 22.7 Å². The lowest BCUT2D eigenvalue weighted by molar-refractivity contribution is -0.144. The molecule has 1 saturated heterocycles. The standard InChI is InChI=1S/C16H23NO3/c1-12-9-15(16(18)19)7-8-17(12)10-13-3-5-14(6-4-13)11-20-2/h3-6,12,15H,7-11H2,1-2H3,(H,18,19). The molecule has 1 aliphatic heterocycles. The number of hydrogen-bond acceptors (Lipinski definition) is 3. The van der Waals surface area contributed by atoms with Gasteiger partial charge in [0.25, 0.3) is 0 Å². The second kappa shape index (κ2) is 6.86. The number of benzene rings is 1. The van der Waals surface area contributed by atoms with Gasteiger partial charge in [0.05, 0.1) is 12.5 Å². The van der Waals surface area contributed by atoms with Crippen LogP contribution in [0.1, 0.15) is 30.9 Å². The summed E-state index contributed by atoms with van der Waals surface area (Å²) in [5, 5.41) is 9.08. The second-order valence-corrected chi connectivity index (χ2v) is 5.63.